The van der Waals surface area contributed by atoms with E-state index in [2.05, 4.69) is 20.8 Å². The predicted molar refractivity (Wildman–Crippen MR) is 100 cm³/mol. The summed E-state index contributed by atoms with van der Waals surface area (Å²) in [7, 11) is 0. The largest absolute Gasteiger partial charge is 0.454 e. The topological polar surface area (TPSA) is 75.6 Å². The molecule has 3 aromatic rings. The molecule has 0 radical (unpaired) electrons. The van der Waals surface area contributed by atoms with E-state index in [1.807, 2.05) is 12.1 Å². The van der Waals surface area contributed by atoms with Crippen LogP contribution in [0.5, 0.6) is 11.5 Å². The van der Waals surface area contributed by atoms with Crippen LogP contribution < -0.4 is 15.6 Å². The van der Waals surface area contributed by atoms with E-state index in [-0.39, 0.29) is 5.75 Å². The Morgan fingerprint density at radius 2 is 1.93 bits per heavy atom. The molecule has 0 bridgehead atoms. The molecule has 0 aliphatic carbocycles. The van der Waals surface area contributed by atoms with Gasteiger partial charge >= 0.3 is 0 Å². The standard InChI is InChI=1S/C20H16F2N4O2/c21-15-4-5-19(18(22)10-15)28-17-3-1-2-16(11-17)24-13-20(27)26-25-12-14-6-8-23-9-7-14/h1-11,13,25H,12H2,(H,26,27). The minimum Gasteiger partial charge on any atom is -0.454 e. The zero-order chi connectivity index (χ0) is 19.8. The predicted octanol–water partition coefficient (Wildman–Crippen LogP) is 3.68. The van der Waals surface area contributed by atoms with E-state index < -0.39 is 17.5 Å². The molecule has 28 heavy (non-hydrogen) atoms. The van der Waals surface area contributed by atoms with Gasteiger partial charge in [-0.05, 0) is 42.0 Å². The summed E-state index contributed by atoms with van der Waals surface area (Å²) in [6, 6.07) is 13.1. The van der Waals surface area contributed by atoms with Crippen molar-refractivity contribution in [3.8, 4) is 11.5 Å². The highest BCUT2D eigenvalue weighted by atomic mass is 19.1. The lowest BCUT2D eigenvalue weighted by molar-refractivity contribution is -0.115. The number of nitrogens with zero attached hydrogens (tertiary/aromatic N) is 2. The second-order valence-electron chi connectivity index (χ2n) is 5.63. The first-order valence-corrected chi connectivity index (χ1v) is 8.29. The fourth-order valence-electron chi connectivity index (χ4n) is 2.21. The smallest absolute Gasteiger partial charge is 0.276 e. The second kappa shape index (κ2) is 9.33. The van der Waals surface area contributed by atoms with Crippen LogP contribution in [-0.2, 0) is 11.3 Å². The fraction of sp³-hybridized carbons (Fsp3) is 0.0500. The number of rotatable bonds is 7. The Kier molecular flexibility index (Phi) is 6.37. The highest BCUT2D eigenvalue weighted by Gasteiger charge is 2.06. The van der Waals surface area contributed by atoms with Crippen molar-refractivity contribution in [2.24, 2.45) is 4.99 Å². The lowest BCUT2D eigenvalue weighted by Gasteiger charge is -2.07. The van der Waals surface area contributed by atoms with Crippen LogP contribution in [0, 0.1) is 11.6 Å². The van der Waals surface area contributed by atoms with Crippen molar-refractivity contribution in [3.63, 3.8) is 0 Å². The number of nitrogens with one attached hydrogen (secondary N) is 2. The van der Waals surface area contributed by atoms with Crippen LogP contribution in [0.2, 0.25) is 0 Å². The Labute approximate surface area is 159 Å². The maximum absolute atomic E-state index is 13.7. The molecule has 0 aliphatic heterocycles. The van der Waals surface area contributed by atoms with E-state index in [1.54, 1.807) is 30.6 Å². The average Bonchev–Trinajstić information content (AvgIpc) is 2.70. The van der Waals surface area contributed by atoms with Gasteiger partial charge in [0.25, 0.3) is 5.91 Å². The maximum atomic E-state index is 13.7. The highest BCUT2D eigenvalue weighted by molar-refractivity contribution is 6.26. The van der Waals surface area contributed by atoms with Crippen molar-refractivity contribution in [1.29, 1.82) is 0 Å². The number of aliphatic imine (C=N–C) groups is 1. The van der Waals surface area contributed by atoms with Crippen LogP contribution in [0.4, 0.5) is 14.5 Å². The quantitative estimate of drug-likeness (QED) is 0.483. The summed E-state index contributed by atoms with van der Waals surface area (Å²) in [5.74, 6) is -1.75. The van der Waals surface area contributed by atoms with Crippen molar-refractivity contribution in [2.75, 3.05) is 0 Å². The summed E-state index contributed by atoms with van der Waals surface area (Å²) in [5.41, 5.74) is 6.67. The van der Waals surface area contributed by atoms with Gasteiger partial charge in [-0.25, -0.2) is 14.2 Å². The van der Waals surface area contributed by atoms with Crippen molar-refractivity contribution >= 4 is 17.8 Å². The van der Waals surface area contributed by atoms with Crippen LogP contribution in [0.15, 0.2) is 72.0 Å². The molecule has 6 nitrogen and oxygen atoms in total. The number of carbonyl (C=O) groups is 1. The summed E-state index contributed by atoms with van der Waals surface area (Å²) >= 11 is 0. The van der Waals surface area contributed by atoms with E-state index in [0.29, 0.717) is 18.0 Å². The molecule has 0 unspecified atom stereocenters. The Balaban J connectivity index is 1.55. The van der Waals surface area contributed by atoms with E-state index in [9.17, 15) is 13.6 Å². The summed E-state index contributed by atoms with van der Waals surface area (Å²) < 4.78 is 32.0. The van der Waals surface area contributed by atoms with Crippen LogP contribution in [0.3, 0.4) is 0 Å². The molecule has 2 N–H and O–H groups in total. The van der Waals surface area contributed by atoms with Gasteiger partial charge in [0, 0.05) is 31.1 Å². The summed E-state index contributed by atoms with van der Waals surface area (Å²) in [6.45, 7) is 0.439. The monoisotopic (exact) mass is 382 g/mol. The number of carbonyl (C=O) groups excluding carboxylic acids is 1. The maximum Gasteiger partial charge on any atom is 0.276 e. The molecule has 0 saturated carbocycles. The van der Waals surface area contributed by atoms with Crippen LogP contribution in [0.25, 0.3) is 0 Å². The number of hydrazine groups is 1. The first-order chi connectivity index (χ1) is 13.6. The van der Waals surface area contributed by atoms with E-state index in [1.165, 1.54) is 12.1 Å². The number of aromatic nitrogens is 1. The van der Waals surface area contributed by atoms with Crippen LogP contribution in [0.1, 0.15) is 5.56 Å². The molecule has 1 amide bonds. The normalized spacial score (nSPS) is 10.8. The van der Waals surface area contributed by atoms with Crippen LogP contribution in [-0.4, -0.2) is 17.1 Å². The first-order valence-electron chi connectivity index (χ1n) is 8.29. The Bertz CT molecular complexity index is 981. The van der Waals surface area contributed by atoms with Gasteiger partial charge in [0.15, 0.2) is 11.6 Å². The average molecular weight is 382 g/mol. The second-order valence-corrected chi connectivity index (χ2v) is 5.63. The molecule has 3 rings (SSSR count). The molecule has 0 aliphatic rings. The fourth-order valence-corrected chi connectivity index (χ4v) is 2.21. The summed E-state index contributed by atoms with van der Waals surface area (Å²) in [5, 5.41) is 0. The Hall–Kier alpha value is -3.65. The minimum atomic E-state index is -0.812. The molecule has 2 aromatic carbocycles. The minimum absolute atomic E-state index is 0.111. The Morgan fingerprint density at radius 1 is 1.11 bits per heavy atom. The number of benzene rings is 2. The number of pyridine rings is 1. The molecule has 0 saturated heterocycles. The van der Waals surface area contributed by atoms with Gasteiger partial charge < -0.3 is 4.74 Å². The molecule has 142 valence electrons. The number of halogens is 2. The number of hydrogen-bond acceptors (Lipinski definition) is 5. The van der Waals surface area contributed by atoms with Gasteiger partial charge in [-0.3, -0.25) is 20.2 Å². The third-order valence-corrected chi connectivity index (χ3v) is 3.52. The highest BCUT2D eigenvalue weighted by Crippen LogP contribution is 2.27. The molecule has 0 atom stereocenters. The van der Waals surface area contributed by atoms with Gasteiger partial charge in [0.1, 0.15) is 11.6 Å². The van der Waals surface area contributed by atoms with Gasteiger partial charge in [-0.1, -0.05) is 6.07 Å². The number of ether oxygens (including phenoxy) is 1. The molecular formula is C20H16F2N4O2. The van der Waals surface area contributed by atoms with Gasteiger partial charge in [0.2, 0.25) is 0 Å². The van der Waals surface area contributed by atoms with Crippen LogP contribution >= 0.6 is 0 Å². The SMILES string of the molecule is O=C(C=Nc1cccc(Oc2ccc(F)cc2F)c1)NNCc1ccncc1. The van der Waals surface area contributed by atoms with Crippen molar-refractivity contribution in [1.82, 2.24) is 15.8 Å². The first kappa shape index (κ1) is 19.1. The summed E-state index contributed by atoms with van der Waals surface area (Å²) in [4.78, 5) is 19.8. The van der Waals surface area contributed by atoms with E-state index in [0.717, 1.165) is 23.9 Å². The molecule has 0 fully saturated rings. The third kappa shape index (κ3) is 5.68. The van der Waals surface area contributed by atoms with Gasteiger partial charge in [-0.2, -0.15) is 0 Å². The van der Waals surface area contributed by atoms with Gasteiger partial charge in [0.05, 0.1) is 11.9 Å². The summed E-state index contributed by atoms with van der Waals surface area (Å²) in [6.07, 6.45) is 4.43. The Morgan fingerprint density at radius 3 is 2.71 bits per heavy atom. The lowest BCUT2D eigenvalue weighted by atomic mass is 10.3. The van der Waals surface area contributed by atoms with E-state index in [4.69, 9.17) is 4.74 Å². The molecule has 0 spiro atoms. The zero-order valence-corrected chi connectivity index (χ0v) is 14.6. The lowest BCUT2D eigenvalue weighted by Crippen LogP contribution is -2.37. The van der Waals surface area contributed by atoms with Crippen molar-refractivity contribution in [2.45, 2.75) is 6.54 Å². The van der Waals surface area contributed by atoms with E-state index >= 15 is 0 Å². The van der Waals surface area contributed by atoms with Crippen molar-refractivity contribution in [3.05, 3.63) is 84.2 Å². The van der Waals surface area contributed by atoms with Crippen molar-refractivity contribution < 1.29 is 18.3 Å². The third-order valence-electron chi connectivity index (χ3n) is 3.52. The molecule has 1 aromatic heterocycles. The molecule has 8 heteroatoms. The van der Waals surface area contributed by atoms with Gasteiger partial charge in [-0.15, -0.1) is 0 Å². The number of hydrogen-bond donors (Lipinski definition) is 2. The number of amides is 1. The molecule has 1 heterocycles. The molecular weight excluding hydrogens is 366 g/mol. The zero-order valence-electron chi connectivity index (χ0n) is 14.6.